The molecule has 0 spiro atoms. The van der Waals surface area contributed by atoms with Crippen molar-refractivity contribution in [2.75, 3.05) is 26.2 Å². The molecule has 1 aromatic carbocycles. The van der Waals surface area contributed by atoms with Crippen LogP contribution in [0.1, 0.15) is 16.8 Å². The number of hydrogen-bond acceptors (Lipinski definition) is 5. The van der Waals surface area contributed by atoms with E-state index >= 15 is 0 Å². The molecule has 0 aromatic heterocycles. The van der Waals surface area contributed by atoms with Crippen molar-refractivity contribution in [3.05, 3.63) is 34.3 Å². The average Bonchev–Trinajstić information content (AvgIpc) is 2.99. The van der Waals surface area contributed by atoms with E-state index in [0.717, 1.165) is 9.37 Å². The largest absolute Gasteiger partial charge is 0.455 e. The molecule has 0 radical (unpaired) electrons. The predicted octanol–water partition coefficient (Wildman–Crippen LogP) is 0.664. The highest BCUT2D eigenvalue weighted by Gasteiger charge is 2.26. The van der Waals surface area contributed by atoms with Gasteiger partial charge < -0.3 is 15.4 Å². The summed E-state index contributed by atoms with van der Waals surface area (Å²) in [5, 5.41) is 5.06. The Morgan fingerprint density at radius 3 is 2.58 bits per heavy atom. The highest BCUT2D eigenvalue weighted by atomic mass is 79.9. The zero-order chi connectivity index (χ0) is 17.5. The summed E-state index contributed by atoms with van der Waals surface area (Å²) < 4.78 is 5.66. The van der Waals surface area contributed by atoms with Crippen LogP contribution in [0.15, 0.2) is 28.7 Å². The molecule has 0 aliphatic carbocycles. The summed E-state index contributed by atoms with van der Waals surface area (Å²) in [5.41, 5.74) is 0.474. The fourth-order valence-electron chi connectivity index (χ4n) is 1.98. The normalized spacial score (nSPS) is 13.4. The average molecular weight is 398 g/mol. The summed E-state index contributed by atoms with van der Waals surface area (Å²) in [6.45, 7) is 0.248. The lowest BCUT2D eigenvalue weighted by atomic mass is 10.2. The van der Waals surface area contributed by atoms with E-state index in [1.54, 1.807) is 24.3 Å². The van der Waals surface area contributed by atoms with Crippen LogP contribution < -0.4 is 10.6 Å². The number of ether oxygens (including phenoxy) is 1. The summed E-state index contributed by atoms with van der Waals surface area (Å²) >= 11 is 3.27. The fourth-order valence-corrected chi connectivity index (χ4v) is 2.25. The first kappa shape index (κ1) is 17.9. The maximum absolute atomic E-state index is 11.8. The van der Waals surface area contributed by atoms with Gasteiger partial charge in [-0.05, 0) is 24.3 Å². The second-order valence-electron chi connectivity index (χ2n) is 4.95. The van der Waals surface area contributed by atoms with Gasteiger partial charge in [-0.1, -0.05) is 15.9 Å². The Balaban J connectivity index is 1.66. The molecule has 4 amide bonds. The number of nitrogens with zero attached hydrogens (tertiary/aromatic N) is 1. The molecule has 1 aromatic rings. The van der Waals surface area contributed by atoms with Gasteiger partial charge in [-0.15, -0.1) is 0 Å². The zero-order valence-corrected chi connectivity index (χ0v) is 14.3. The molecule has 128 valence electrons. The molecular formula is C15H16BrN3O5. The van der Waals surface area contributed by atoms with Crippen molar-refractivity contribution in [3.8, 4) is 0 Å². The molecule has 9 heteroatoms. The van der Waals surface area contributed by atoms with E-state index in [4.69, 9.17) is 4.74 Å². The molecule has 8 nitrogen and oxygen atoms in total. The first-order valence-electron chi connectivity index (χ1n) is 7.25. The quantitative estimate of drug-likeness (QED) is 0.686. The molecule has 0 unspecified atom stereocenters. The maximum Gasteiger partial charge on any atom is 0.324 e. The molecule has 1 heterocycles. The third-order valence-corrected chi connectivity index (χ3v) is 3.76. The number of halogens is 1. The van der Waals surface area contributed by atoms with Crippen molar-refractivity contribution in [1.29, 1.82) is 0 Å². The number of esters is 1. The van der Waals surface area contributed by atoms with Gasteiger partial charge in [0, 0.05) is 29.7 Å². The van der Waals surface area contributed by atoms with E-state index in [1.807, 2.05) is 0 Å². The first-order valence-corrected chi connectivity index (χ1v) is 8.04. The minimum absolute atomic E-state index is 0.0677. The van der Waals surface area contributed by atoms with Crippen molar-refractivity contribution in [2.24, 2.45) is 0 Å². The van der Waals surface area contributed by atoms with Gasteiger partial charge in [-0.2, -0.15) is 0 Å². The third-order valence-electron chi connectivity index (χ3n) is 3.24. The summed E-state index contributed by atoms with van der Waals surface area (Å²) in [4.78, 5) is 47.3. The van der Waals surface area contributed by atoms with Gasteiger partial charge in [0.05, 0.1) is 6.42 Å². The lowest BCUT2D eigenvalue weighted by Gasteiger charge is -2.12. The number of hydrogen-bond donors (Lipinski definition) is 2. The van der Waals surface area contributed by atoms with Crippen molar-refractivity contribution in [1.82, 2.24) is 15.5 Å². The molecule has 0 bridgehead atoms. The molecule has 1 aliphatic rings. The zero-order valence-electron chi connectivity index (χ0n) is 12.7. The Labute approximate surface area is 146 Å². The van der Waals surface area contributed by atoms with Crippen LogP contribution in [-0.4, -0.2) is 55.0 Å². The van der Waals surface area contributed by atoms with E-state index in [1.165, 1.54) is 0 Å². The van der Waals surface area contributed by atoms with Crippen LogP contribution in [0.3, 0.4) is 0 Å². The standard InChI is InChI=1S/C15H16BrN3O5/c16-11-3-1-10(2-4-11)14(22)17-6-5-13(21)24-9-12(20)19-8-7-18-15(19)23/h1-4H,5-9H2,(H,17,22)(H,18,23). The Kier molecular flexibility index (Phi) is 6.30. The number of nitrogens with one attached hydrogen (secondary N) is 2. The van der Waals surface area contributed by atoms with Crippen molar-refractivity contribution in [2.45, 2.75) is 6.42 Å². The first-order chi connectivity index (χ1) is 11.5. The fraction of sp³-hybridized carbons (Fsp3) is 0.333. The van der Waals surface area contributed by atoms with Gasteiger partial charge in [-0.25, -0.2) is 4.79 Å². The van der Waals surface area contributed by atoms with Crippen molar-refractivity contribution >= 4 is 39.7 Å². The minimum atomic E-state index is -0.626. The molecular weight excluding hydrogens is 382 g/mol. The molecule has 2 N–H and O–H groups in total. The smallest absolute Gasteiger partial charge is 0.324 e. The highest BCUT2D eigenvalue weighted by molar-refractivity contribution is 9.10. The SMILES string of the molecule is O=C(CCNC(=O)c1ccc(Br)cc1)OCC(=O)N1CCNC1=O. The molecule has 1 fully saturated rings. The number of amides is 4. The molecule has 2 rings (SSSR count). The summed E-state index contributed by atoms with van der Waals surface area (Å²) in [5.74, 6) is -1.50. The van der Waals surface area contributed by atoms with Crippen LogP contribution in [0.5, 0.6) is 0 Å². The minimum Gasteiger partial charge on any atom is -0.455 e. The van der Waals surface area contributed by atoms with Gasteiger partial charge in [0.1, 0.15) is 0 Å². The van der Waals surface area contributed by atoms with Gasteiger partial charge in [0.2, 0.25) is 0 Å². The predicted molar refractivity (Wildman–Crippen MR) is 87.2 cm³/mol. The van der Waals surface area contributed by atoms with E-state index in [0.29, 0.717) is 12.1 Å². The maximum atomic E-state index is 11.8. The van der Waals surface area contributed by atoms with Crippen LogP contribution >= 0.6 is 15.9 Å². The number of rotatable bonds is 6. The molecule has 1 saturated heterocycles. The Morgan fingerprint density at radius 1 is 1.25 bits per heavy atom. The van der Waals surface area contributed by atoms with Gasteiger partial charge >= 0.3 is 12.0 Å². The van der Waals surface area contributed by atoms with Crippen molar-refractivity contribution in [3.63, 3.8) is 0 Å². The second-order valence-corrected chi connectivity index (χ2v) is 5.87. The lowest BCUT2D eigenvalue weighted by Crippen LogP contribution is -2.37. The summed E-state index contributed by atoms with van der Waals surface area (Å²) in [7, 11) is 0. The second kappa shape index (κ2) is 8.44. The summed E-state index contributed by atoms with van der Waals surface area (Å²) in [6, 6.07) is 6.29. The Hall–Kier alpha value is -2.42. The van der Waals surface area contributed by atoms with E-state index in [9.17, 15) is 19.2 Å². The topological polar surface area (TPSA) is 105 Å². The van der Waals surface area contributed by atoms with Crippen LogP contribution in [0.25, 0.3) is 0 Å². The molecule has 1 aliphatic heterocycles. The number of benzene rings is 1. The lowest BCUT2D eigenvalue weighted by molar-refractivity contribution is -0.150. The van der Waals surface area contributed by atoms with Gasteiger partial charge in [0.25, 0.3) is 11.8 Å². The number of carbonyl (C=O) groups is 4. The van der Waals surface area contributed by atoms with Crippen LogP contribution in [0.4, 0.5) is 4.79 Å². The molecule has 0 saturated carbocycles. The monoisotopic (exact) mass is 397 g/mol. The molecule has 24 heavy (non-hydrogen) atoms. The van der Waals surface area contributed by atoms with Crippen LogP contribution in [0, 0.1) is 0 Å². The van der Waals surface area contributed by atoms with E-state index in [2.05, 4.69) is 26.6 Å². The van der Waals surface area contributed by atoms with Gasteiger partial charge in [0.15, 0.2) is 6.61 Å². The van der Waals surface area contributed by atoms with Crippen LogP contribution in [0.2, 0.25) is 0 Å². The third kappa shape index (κ3) is 5.05. The summed E-state index contributed by atoms with van der Waals surface area (Å²) in [6.07, 6.45) is -0.0677. The van der Waals surface area contributed by atoms with Crippen LogP contribution in [-0.2, 0) is 14.3 Å². The number of urea groups is 1. The van der Waals surface area contributed by atoms with E-state index in [-0.39, 0.29) is 25.4 Å². The Morgan fingerprint density at radius 2 is 1.96 bits per heavy atom. The van der Waals surface area contributed by atoms with Crippen molar-refractivity contribution < 1.29 is 23.9 Å². The van der Waals surface area contributed by atoms with Gasteiger partial charge in [-0.3, -0.25) is 19.3 Å². The Bertz CT molecular complexity index is 647. The van der Waals surface area contributed by atoms with E-state index < -0.39 is 24.5 Å². The number of imide groups is 1. The highest BCUT2D eigenvalue weighted by Crippen LogP contribution is 2.10. The number of carbonyl (C=O) groups excluding carboxylic acids is 4. The molecule has 0 atom stereocenters.